The highest BCUT2D eigenvalue weighted by atomic mass is 16.5. The maximum atomic E-state index is 10.7. The average Bonchev–Trinajstić information content (AvgIpc) is 2.86. The Morgan fingerprint density at radius 3 is 3.00 bits per heavy atom. The molecular formula is C8H10N4O3. The molecule has 15 heavy (non-hydrogen) atoms. The molecule has 80 valence electrons. The van der Waals surface area contributed by atoms with Gasteiger partial charge in [0, 0.05) is 0 Å². The summed E-state index contributed by atoms with van der Waals surface area (Å²) >= 11 is 0. The SMILES string of the molecule is NC(=O)c1ncn([C@@H]2C=C[C@H](CO)O2)n1. The van der Waals surface area contributed by atoms with Crippen LogP contribution in [-0.2, 0) is 4.74 Å². The molecular weight excluding hydrogens is 200 g/mol. The van der Waals surface area contributed by atoms with Crippen molar-refractivity contribution >= 4 is 5.91 Å². The number of ether oxygens (including phenoxy) is 1. The van der Waals surface area contributed by atoms with Crippen molar-refractivity contribution in [2.45, 2.75) is 12.3 Å². The number of hydrogen-bond donors (Lipinski definition) is 2. The van der Waals surface area contributed by atoms with Crippen molar-refractivity contribution in [3.8, 4) is 0 Å². The van der Waals surface area contributed by atoms with Crippen LogP contribution in [0.5, 0.6) is 0 Å². The molecule has 0 unspecified atom stereocenters. The second kappa shape index (κ2) is 3.79. The summed E-state index contributed by atoms with van der Waals surface area (Å²) in [4.78, 5) is 14.4. The van der Waals surface area contributed by atoms with Gasteiger partial charge in [-0.15, -0.1) is 5.10 Å². The minimum Gasteiger partial charge on any atom is -0.393 e. The number of aliphatic hydroxyl groups excluding tert-OH is 1. The van der Waals surface area contributed by atoms with Crippen LogP contribution < -0.4 is 5.73 Å². The Labute approximate surface area is 85.2 Å². The molecule has 7 nitrogen and oxygen atoms in total. The summed E-state index contributed by atoms with van der Waals surface area (Å²) in [5.41, 5.74) is 5.00. The Bertz CT molecular complexity index is 400. The average molecular weight is 210 g/mol. The van der Waals surface area contributed by atoms with Crippen LogP contribution in [0, 0.1) is 0 Å². The Morgan fingerprint density at radius 1 is 1.67 bits per heavy atom. The van der Waals surface area contributed by atoms with Crippen LogP contribution in [0.3, 0.4) is 0 Å². The topological polar surface area (TPSA) is 103 Å². The molecule has 0 aromatic carbocycles. The lowest BCUT2D eigenvalue weighted by Gasteiger charge is -2.11. The second-order valence-corrected chi connectivity index (χ2v) is 3.05. The lowest BCUT2D eigenvalue weighted by molar-refractivity contribution is -0.0141. The zero-order valence-electron chi connectivity index (χ0n) is 7.78. The predicted octanol–water partition coefficient (Wildman–Crippen LogP) is -1.18. The van der Waals surface area contributed by atoms with E-state index in [1.165, 1.54) is 11.0 Å². The summed E-state index contributed by atoms with van der Waals surface area (Å²) in [6, 6.07) is 0. The zero-order valence-corrected chi connectivity index (χ0v) is 7.78. The van der Waals surface area contributed by atoms with Crippen LogP contribution in [0.15, 0.2) is 18.5 Å². The number of nitrogens with two attached hydrogens (primary N) is 1. The third-order valence-electron chi connectivity index (χ3n) is 1.97. The number of primary amides is 1. The first-order chi connectivity index (χ1) is 7.20. The Kier molecular flexibility index (Phi) is 2.48. The number of amides is 1. The van der Waals surface area contributed by atoms with E-state index in [2.05, 4.69) is 10.1 Å². The summed E-state index contributed by atoms with van der Waals surface area (Å²) in [7, 11) is 0. The number of carbonyl (C=O) groups is 1. The van der Waals surface area contributed by atoms with E-state index < -0.39 is 12.1 Å². The minimum absolute atomic E-state index is 0.0561. The predicted molar refractivity (Wildman–Crippen MR) is 48.7 cm³/mol. The van der Waals surface area contributed by atoms with Crippen LogP contribution in [-0.4, -0.2) is 38.5 Å². The molecule has 2 rings (SSSR count). The highest BCUT2D eigenvalue weighted by molar-refractivity contribution is 5.88. The van der Waals surface area contributed by atoms with E-state index in [1.807, 2.05) is 0 Å². The largest absolute Gasteiger partial charge is 0.393 e. The molecule has 1 aliphatic heterocycles. The number of rotatable bonds is 3. The molecule has 0 bridgehead atoms. The van der Waals surface area contributed by atoms with E-state index in [0.717, 1.165) is 0 Å². The second-order valence-electron chi connectivity index (χ2n) is 3.05. The molecule has 0 saturated heterocycles. The van der Waals surface area contributed by atoms with E-state index in [9.17, 15) is 4.79 Å². The highest BCUT2D eigenvalue weighted by Crippen LogP contribution is 2.19. The van der Waals surface area contributed by atoms with Crippen LogP contribution in [0.4, 0.5) is 0 Å². The quantitative estimate of drug-likeness (QED) is 0.611. The highest BCUT2D eigenvalue weighted by Gasteiger charge is 2.21. The normalized spacial score (nSPS) is 24.6. The van der Waals surface area contributed by atoms with Gasteiger partial charge in [-0.3, -0.25) is 4.79 Å². The van der Waals surface area contributed by atoms with Crippen molar-refractivity contribution in [3.05, 3.63) is 24.3 Å². The van der Waals surface area contributed by atoms with Crippen LogP contribution >= 0.6 is 0 Å². The molecule has 0 saturated carbocycles. The third-order valence-corrected chi connectivity index (χ3v) is 1.97. The summed E-state index contributed by atoms with van der Waals surface area (Å²) < 4.78 is 6.70. The van der Waals surface area contributed by atoms with Crippen LogP contribution in [0.1, 0.15) is 16.8 Å². The van der Waals surface area contributed by atoms with Crippen LogP contribution in [0.25, 0.3) is 0 Å². The molecule has 2 heterocycles. The number of aromatic nitrogens is 3. The van der Waals surface area contributed by atoms with Gasteiger partial charge in [-0.1, -0.05) is 6.08 Å². The molecule has 3 N–H and O–H groups in total. The van der Waals surface area contributed by atoms with Crippen molar-refractivity contribution in [2.24, 2.45) is 5.73 Å². The molecule has 0 radical (unpaired) electrons. The van der Waals surface area contributed by atoms with Gasteiger partial charge < -0.3 is 15.6 Å². The number of aliphatic hydroxyl groups is 1. The smallest absolute Gasteiger partial charge is 0.288 e. The van der Waals surface area contributed by atoms with Gasteiger partial charge in [0.05, 0.1) is 6.61 Å². The molecule has 0 aliphatic carbocycles. The van der Waals surface area contributed by atoms with Crippen molar-refractivity contribution < 1.29 is 14.6 Å². The third kappa shape index (κ3) is 1.88. The first kappa shape index (κ1) is 9.81. The standard InChI is InChI=1S/C8H10N4O3/c9-7(14)8-10-4-12(11-8)6-2-1-5(3-13)15-6/h1-2,4-6,13H,3H2,(H2,9,14)/t5-,6+/m1/s1. The maximum Gasteiger partial charge on any atom is 0.288 e. The first-order valence-corrected chi connectivity index (χ1v) is 4.36. The molecule has 0 fully saturated rings. The lowest BCUT2D eigenvalue weighted by Crippen LogP contribution is -2.17. The minimum atomic E-state index is -0.686. The van der Waals surface area contributed by atoms with E-state index in [1.54, 1.807) is 12.2 Å². The van der Waals surface area contributed by atoms with Gasteiger partial charge in [-0.25, -0.2) is 9.67 Å². The Hall–Kier alpha value is -1.73. The van der Waals surface area contributed by atoms with Gasteiger partial charge in [0.25, 0.3) is 5.91 Å². The van der Waals surface area contributed by atoms with Crippen LogP contribution in [0.2, 0.25) is 0 Å². The van der Waals surface area contributed by atoms with Gasteiger partial charge in [0.1, 0.15) is 12.4 Å². The van der Waals surface area contributed by atoms with Crippen molar-refractivity contribution in [1.82, 2.24) is 14.8 Å². The zero-order chi connectivity index (χ0) is 10.8. The molecule has 1 aromatic rings. The van der Waals surface area contributed by atoms with Crippen molar-refractivity contribution in [2.75, 3.05) is 6.61 Å². The monoisotopic (exact) mass is 210 g/mol. The van der Waals surface area contributed by atoms with Gasteiger partial charge in [-0.05, 0) is 6.08 Å². The van der Waals surface area contributed by atoms with E-state index in [0.29, 0.717) is 0 Å². The molecule has 7 heteroatoms. The molecule has 0 spiro atoms. The van der Waals surface area contributed by atoms with E-state index in [-0.39, 0.29) is 18.5 Å². The van der Waals surface area contributed by atoms with Gasteiger partial charge >= 0.3 is 0 Å². The summed E-state index contributed by atoms with van der Waals surface area (Å²) in [5.74, 6) is -0.742. The fourth-order valence-corrected chi connectivity index (χ4v) is 1.25. The van der Waals surface area contributed by atoms with E-state index in [4.69, 9.17) is 15.6 Å². The molecule has 1 amide bonds. The fourth-order valence-electron chi connectivity index (χ4n) is 1.25. The number of hydrogen-bond acceptors (Lipinski definition) is 5. The number of carbonyl (C=O) groups excluding carboxylic acids is 1. The number of nitrogens with zero attached hydrogens (tertiary/aromatic N) is 3. The molecule has 2 atom stereocenters. The van der Waals surface area contributed by atoms with E-state index >= 15 is 0 Å². The van der Waals surface area contributed by atoms with Gasteiger partial charge in [0.2, 0.25) is 5.82 Å². The summed E-state index contributed by atoms with van der Waals surface area (Å²) in [5, 5.41) is 12.7. The van der Waals surface area contributed by atoms with Gasteiger partial charge in [0.15, 0.2) is 6.23 Å². The maximum absolute atomic E-state index is 10.7. The fraction of sp³-hybridized carbons (Fsp3) is 0.375. The summed E-state index contributed by atoms with van der Waals surface area (Å²) in [6.07, 6.45) is 4.02. The molecule has 1 aromatic heterocycles. The Morgan fingerprint density at radius 2 is 2.47 bits per heavy atom. The first-order valence-electron chi connectivity index (χ1n) is 4.36. The van der Waals surface area contributed by atoms with Crippen molar-refractivity contribution in [1.29, 1.82) is 0 Å². The lowest BCUT2D eigenvalue weighted by atomic mass is 10.4. The summed E-state index contributed by atoms with van der Waals surface area (Å²) in [6.45, 7) is -0.0929. The van der Waals surface area contributed by atoms with Crippen molar-refractivity contribution in [3.63, 3.8) is 0 Å². The van der Waals surface area contributed by atoms with Gasteiger partial charge in [-0.2, -0.15) is 0 Å². The molecule has 1 aliphatic rings. The Balaban J connectivity index is 2.11.